The Balaban J connectivity index is 1.89. The van der Waals surface area contributed by atoms with Crippen LogP contribution in [0.5, 0.6) is 5.75 Å². The third kappa shape index (κ3) is 3.29. The molecule has 116 valence electrons. The molecule has 1 aromatic rings. The number of nitrogens with zero attached hydrogens (tertiary/aromatic N) is 1. The van der Waals surface area contributed by atoms with Gasteiger partial charge in [-0.1, -0.05) is 0 Å². The molecule has 2 rings (SSSR count). The Morgan fingerprint density at radius 3 is 2.50 bits per heavy atom. The summed E-state index contributed by atoms with van der Waals surface area (Å²) in [5, 5.41) is 17.2. The number of nitro groups is 1. The lowest BCUT2D eigenvalue weighted by atomic mass is 10.0. The fourth-order valence-corrected chi connectivity index (χ4v) is 1.73. The van der Waals surface area contributed by atoms with Crippen LogP contribution in [0.2, 0.25) is 0 Å². The Labute approximate surface area is 124 Å². The summed E-state index contributed by atoms with van der Waals surface area (Å²) in [5.41, 5.74) is -1.39. The number of nitrogens with one attached hydrogen (secondary N) is 3. The van der Waals surface area contributed by atoms with Crippen LogP contribution in [-0.4, -0.2) is 35.0 Å². The van der Waals surface area contributed by atoms with Gasteiger partial charge in [-0.15, -0.1) is 0 Å². The molecule has 1 atom stereocenters. The highest BCUT2D eigenvalue weighted by Gasteiger charge is 2.42. The van der Waals surface area contributed by atoms with E-state index in [0.29, 0.717) is 0 Å². The summed E-state index contributed by atoms with van der Waals surface area (Å²) >= 11 is 0. The van der Waals surface area contributed by atoms with Crippen LogP contribution in [0.4, 0.5) is 15.3 Å². The predicted octanol–water partition coefficient (Wildman–Crippen LogP) is 0.281. The number of nitro benzene ring substituents is 1. The molecule has 1 aromatic carbocycles. The van der Waals surface area contributed by atoms with Crippen molar-refractivity contribution in [1.82, 2.24) is 16.0 Å². The number of hydrogen-bond acceptors (Lipinski definition) is 6. The fraction of sp³-hybridized carbons (Fsp3) is 0.250. The maximum Gasteiger partial charge on any atom is 0.412 e. The number of urea groups is 1. The first-order valence-corrected chi connectivity index (χ1v) is 6.14. The maximum absolute atomic E-state index is 11.6. The fourth-order valence-electron chi connectivity index (χ4n) is 1.73. The highest BCUT2D eigenvalue weighted by atomic mass is 16.6. The van der Waals surface area contributed by atoms with Crippen molar-refractivity contribution in [3.63, 3.8) is 0 Å². The Morgan fingerprint density at radius 1 is 1.36 bits per heavy atom. The summed E-state index contributed by atoms with van der Waals surface area (Å²) in [6.45, 7) is 1.27. The van der Waals surface area contributed by atoms with Crippen LogP contribution in [0.3, 0.4) is 0 Å². The second-order valence-corrected chi connectivity index (χ2v) is 4.73. The summed E-state index contributed by atoms with van der Waals surface area (Å²) in [6.07, 6.45) is -0.857. The van der Waals surface area contributed by atoms with Crippen LogP contribution < -0.4 is 20.7 Å². The Bertz CT molecular complexity index is 644. The van der Waals surface area contributed by atoms with Crippen LogP contribution >= 0.6 is 0 Å². The third-order valence-electron chi connectivity index (χ3n) is 2.96. The van der Waals surface area contributed by atoms with E-state index < -0.39 is 28.5 Å². The number of benzene rings is 1. The normalized spacial score (nSPS) is 20.0. The molecule has 10 nitrogen and oxygen atoms in total. The average molecular weight is 308 g/mol. The molecule has 0 saturated carbocycles. The van der Waals surface area contributed by atoms with E-state index in [-0.39, 0.29) is 18.0 Å². The van der Waals surface area contributed by atoms with Gasteiger partial charge in [0.25, 0.3) is 11.6 Å². The molecular weight excluding hydrogens is 296 g/mol. The van der Waals surface area contributed by atoms with Crippen LogP contribution in [-0.2, 0) is 4.79 Å². The molecule has 1 unspecified atom stereocenters. The molecule has 1 heterocycles. The second-order valence-electron chi connectivity index (χ2n) is 4.73. The zero-order valence-corrected chi connectivity index (χ0v) is 11.4. The Kier molecular flexibility index (Phi) is 3.93. The lowest BCUT2D eigenvalue weighted by Crippen LogP contribution is -2.53. The van der Waals surface area contributed by atoms with E-state index in [1.165, 1.54) is 31.2 Å². The predicted molar refractivity (Wildman–Crippen MR) is 72.2 cm³/mol. The van der Waals surface area contributed by atoms with Gasteiger partial charge < -0.3 is 15.4 Å². The van der Waals surface area contributed by atoms with E-state index in [4.69, 9.17) is 4.74 Å². The molecule has 3 N–H and O–H groups in total. The summed E-state index contributed by atoms with van der Waals surface area (Å²) in [4.78, 5) is 44.1. The van der Waals surface area contributed by atoms with Crippen molar-refractivity contribution < 1.29 is 24.0 Å². The zero-order chi connectivity index (χ0) is 16.3. The first kappa shape index (κ1) is 15.2. The third-order valence-corrected chi connectivity index (χ3v) is 2.96. The Morgan fingerprint density at radius 2 is 2.00 bits per heavy atom. The zero-order valence-electron chi connectivity index (χ0n) is 11.4. The minimum atomic E-state index is -1.26. The highest BCUT2D eigenvalue weighted by Crippen LogP contribution is 2.17. The number of rotatable bonds is 4. The minimum absolute atomic E-state index is 0.105. The van der Waals surface area contributed by atoms with E-state index >= 15 is 0 Å². The first-order valence-electron chi connectivity index (χ1n) is 6.14. The molecule has 0 radical (unpaired) electrons. The smallest absolute Gasteiger partial charge is 0.410 e. The molecule has 1 saturated heterocycles. The molecule has 1 aliphatic rings. The van der Waals surface area contributed by atoms with Crippen molar-refractivity contribution in [1.29, 1.82) is 0 Å². The van der Waals surface area contributed by atoms with E-state index in [1.807, 2.05) is 0 Å². The van der Waals surface area contributed by atoms with E-state index in [1.54, 1.807) is 0 Å². The molecule has 10 heteroatoms. The van der Waals surface area contributed by atoms with Crippen molar-refractivity contribution in [2.24, 2.45) is 0 Å². The number of imide groups is 1. The van der Waals surface area contributed by atoms with Gasteiger partial charge >= 0.3 is 12.1 Å². The van der Waals surface area contributed by atoms with Gasteiger partial charge in [-0.3, -0.25) is 20.2 Å². The van der Waals surface area contributed by atoms with Crippen molar-refractivity contribution in [2.75, 3.05) is 6.54 Å². The van der Waals surface area contributed by atoms with Gasteiger partial charge in [0.2, 0.25) is 0 Å². The quantitative estimate of drug-likeness (QED) is 0.414. The van der Waals surface area contributed by atoms with Crippen molar-refractivity contribution in [3.05, 3.63) is 34.4 Å². The number of carbonyl (C=O) groups excluding carboxylic acids is 3. The number of amides is 4. The lowest BCUT2D eigenvalue weighted by molar-refractivity contribution is -0.384. The van der Waals surface area contributed by atoms with Crippen LogP contribution in [0.15, 0.2) is 24.3 Å². The monoisotopic (exact) mass is 308 g/mol. The van der Waals surface area contributed by atoms with Crippen LogP contribution in [0.1, 0.15) is 6.92 Å². The number of ether oxygens (including phenoxy) is 1. The summed E-state index contributed by atoms with van der Waals surface area (Å²) in [7, 11) is 0. The summed E-state index contributed by atoms with van der Waals surface area (Å²) < 4.78 is 4.90. The van der Waals surface area contributed by atoms with Gasteiger partial charge in [-0.2, -0.15) is 0 Å². The maximum atomic E-state index is 11.6. The van der Waals surface area contributed by atoms with Gasteiger partial charge in [0, 0.05) is 12.1 Å². The molecule has 0 bridgehead atoms. The molecule has 1 aliphatic heterocycles. The van der Waals surface area contributed by atoms with E-state index in [2.05, 4.69) is 16.0 Å². The largest absolute Gasteiger partial charge is 0.412 e. The standard InChI is InChI=1S/C12H12N4O6/c1-12(9(17)14-10(18)15-12)6-13-11(19)22-8-4-2-7(3-5-8)16(20)21/h2-5H,6H2,1H3,(H,13,19)(H2,14,15,17,18). The molecule has 0 aromatic heterocycles. The van der Waals surface area contributed by atoms with E-state index in [0.717, 1.165) is 0 Å². The molecule has 4 amide bonds. The first-order chi connectivity index (χ1) is 10.3. The van der Waals surface area contributed by atoms with Gasteiger partial charge in [0.05, 0.1) is 11.5 Å². The molecule has 0 aliphatic carbocycles. The number of carbonyl (C=O) groups is 3. The summed E-state index contributed by atoms with van der Waals surface area (Å²) in [5.74, 6) is -0.457. The van der Waals surface area contributed by atoms with Gasteiger partial charge in [0.15, 0.2) is 0 Å². The van der Waals surface area contributed by atoms with Crippen molar-refractivity contribution >= 4 is 23.7 Å². The molecule has 22 heavy (non-hydrogen) atoms. The molecular formula is C12H12N4O6. The van der Waals surface area contributed by atoms with E-state index in [9.17, 15) is 24.5 Å². The molecule has 0 spiro atoms. The minimum Gasteiger partial charge on any atom is -0.410 e. The van der Waals surface area contributed by atoms with Gasteiger partial charge in [-0.05, 0) is 19.1 Å². The Hall–Kier alpha value is -3.17. The lowest BCUT2D eigenvalue weighted by Gasteiger charge is -2.20. The van der Waals surface area contributed by atoms with Gasteiger partial charge in [-0.25, -0.2) is 9.59 Å². The summed E-state index contributed by atoms with van der Waals surface area (Å²) in [6, 6.07) is 4.27. The average Bonchev–Trinajstić information content (AvgIpc) is 2.71. The second kappa shape index (κ2) is 5.68. The van der Waals surface area contributed by atoms with Crippen molar-refractivity contribution in [3.8, 4) is 5.75 Å². The van der Waals surface area contributed by atoms with Gasteiger partial charge in [0.1, 0.15) is 11.3 Å². The van der Waals surface area contributed by atoms with Crippen LogP contribution in [0.25, 0.3) is 0 Å². The number of non-ortho nitro benzene ring substituents is 1. The molecule has 1 fully saturated rings. The highest BCUT2D eigenvalue weighted by molar-refractivity contribution is 6.07. The number of hydrogen-bond donors (Lipinski definition) is 3. The SMILES string of the molecule is CC1(CNC(=O)Oc2ccc([N+](=O)[O-])cc2)NC(=O)NC1=O. The van der Waals surface area contributed by atoms with Crippen molar-refractivity contribution in [2.45, 2.75) is 12.5 Å². The topological polar surface area (TPSA) is 140 Å². The van der Waals surface area contributed by atoms with Crippen LogP contribution in [0, 0.1) is 10.1 Å².